The van der Waals surface area contributed by atoms with Gasteiger partial charge < -0.3 is 10.1 Å². The Kier molecular flexibility index (Phi) is 5.87. The molecule has 3 aromatic rings. The molecule has 7 nitrogen and oxygen atoms in total. The van der Waals surface area contributed by atoms with Gasteiger partial charge in [0.15, 0.2) is 11.6 Å². The van der Waals surface area contributed by atoms with Crippen LogP contribution in [0.4, 0.5) is 17.3 Å². The SMILES string of the molecule is COc1cccc(Nc2ccc(NS(=O)(=O)CCc3ccccc3)nn2)c1. The lowest BCUT2D eigenvalue weighted by atomic mass is 10.2. The van der Waals surface area contributed by atoms with Gasteiger partial charge >= 0.3 is 0 Å². The average Bonchev–Trinajstić information content (AvgIpc) is 2.69. The zero-order valence-corrected chi connectivity index (χ0v) is 15.6. The third kappa shape index (κ3) is 5.68. The third-order valence-electron chi connectivity index (χ3n) is 3.77. The molecule has 3 rings (SSSR count). The number of hydrogen-bond donors (Lipinski definition) is 2. The lowest BCUT2D eigenvalue weighted by molar-refractivity contribution is 0.415. The van der Waals surface area contributed by atoms with Crippen LogP contribution in [0.3, 0.4) is 0 Å². The fraction of sp³-hybridized carbons (Fsp3) is 0.158. The van der Waals surface area contributed by atoms with Crippen molar-refractivity contribution in [1.29, 1.82) is 0 Å². The highest BCUT2D eigenvalue weighted by molar-refractivity contribution is 7.92. The van der Waals surface area contributed by atoms with Crippen LogP contribution in [0.1, 0.15) is 5.56 Å². The maximum absolute atomic E-state index is 12.2. The second kappa shape index (κ2) is 8.50. The van der Waals surface area contributed by atoms with Gasteiger partial charge in [0.05, 0.1) is 12.9 Å². The molecular formula is C19H20N4O3S. The maximum Gasteiger partial charge on any atom is 0.234 e. The highest BCUT2D eigenvalue weighted by atomic mass is 32.2. The monoisotopic (exact) mass is 384 g/mol. The molecule has 8 heteroatoms. The van der Waals surface area contributed by atoms with Gasteiger partial charge in [0.2, 0.25) is 10.0 Å². The van der Waals surface area contributed by atoms with Crippen molar-refractivity contribution in [2.45, 2.75) is 6.42 Å². The van der Waals surface area contributed by atoms with E-state index in [2.05, 4.69) is 20.2 Å². The molecule has 0 bridgehead atoms. The quantitative estimate of drug-likeness (QED) is 0.619. The highest BCUT2D eigenvalue weighted by Crippen LogP contribution is 2.20. The van der Waals surface area contributed by atoms with Gasteiger partial charge in [-0.3, -0.25) is 4.72 Å². The number of nitrogens with zero attached hydrogens (tertiary/aromatic N) is 2. The van der Waals surface area contributed by atoms with Crippen molar-refractivity contribution in [3.63, 3.8) is 0 Å². The Labute approximate surface area is 158 Å². The van der Waals surface area contributed by atoms with E-state index < -0.39 is 10.0 Å². The van der Waals surface area contributed by atoms with Crippen LogP contribution in [-0.4, -0.2) is 31.5 Å². The van der Waals surface area contributed by atoms with E-state index in [0.717, 1.165) is 17.0 Å². The lowest BCUT2D eigenvalue weighted by Gasteiger charge is -2.09. The van der Waals surface area contributed by atoms with Crippen LogP contribution >= 0.6 is 0 Å². The molecule has 0 radical (unpaired) electrons. The van der Waals surface area contributed by atoms with Gasteiger partial charge in [-0.1, -0.05) is 36.4 Å². The summed E-state index contributed by atoms with van der Waals surface area (Å²) in [4.78, 5) is 0. The van der Waals surface area contributed by atoms with E-state index in [1.165, 1.54) is 0 Å². The second-order valence-electron chi connectivity index (χ2n) is 5.82. The largest absolute Gasteiger partial charge is 0.497 e. The molecule has 27 heavy (non-hydrogen) atoms. The molecule has 2 aromatic carbocycles. The van der Waals surface area contributed by atoms with E-state index in [0.29, 0.717) is 12.2 Å². The summed E-state index contributed by atoms with van der Waals surface area (Å²) in [5.74, 6) is 1.37. The van der Waals surface area contributed by atoms with Crippen molar-refractivity contribution in [3.05, 3.63) is 72.3 Å². The molecule has 2 N–H and O–H groups in total. The Morgan fingerprint density at radius 1 is 0.926 bits per heavy atom. The molecule has 0 spiro atoms. The van der Waals surface area contributed by atoms with E-state index in [9.17, 15) is 8.42 Å². The third-order valence-corrected chi connectivity index (χ3v) is 5.03. The molecule has 0 atom stereocenters. The molecule has 0 saturated heterocycles. The minimum atomic E-state index is -3.50. The number of aryl methyl sites for hydroxylation is 1. The summed E-state index contributed by atoms with van der Waals surface area (Å²) < 4.78 is 32.0. The fourth-order valence-electron chi connectivity index (χ4n) is 2.41. The van der Waals surface area contributed by atoms with Crippen LogP contribution in [0.25, 0.3) is 0 Å². The molecule has 0 saturated carbocycles. The van der Waals surface area contributed by atoms with Gasteiger partial charge in [0.1, 0.15) is 5.75 Å². The number of rotatable bonds is 8. The van der Waals surface area contributed by atoms with Gasteiger partial charge in [-0.15, -0.1) is 10.2 Å². The molecule has 0 amide bonds. The predicted molar refractivity (Wildman–Crippen MR) is 106 cm³/mol. The van der Waals surface area contributed by atoms with Crippen molar-refractivity contribution in [2.24, 2.45) is 0 Å². The fourth-order valence-corrected chi connectivity index (χ4v) is 3.44. The predicted octanol–water partition coefficient (Wildman–Crippen LogP) is 3.21. The number of anilines is 3. The Bertz CT molecular complexity index is 977. The van der Waals surface area contributed by atoms with Crippen LogP contribution in [0.15, 0.2) is 66.7 Å². The van der Waals surface area contributed by atoms with E-state index in [1.807, 2.05) is 54.6 Å². The summed E-state index contributed by atoms with van der Waals surface area (Å²) >= 11 is 0. The number of hydrogen-bond acceptors (Lipinski definition) is 6. The number of ether oxygens (including phenoxy) is 1. The highest BCUT2D eigenvalue weighted by Gasteiger charge is 2.12. The molecule has 0 aliphatic rings. The lowest BCUT2D eigenvalue weighted by Crippen LogP contribution is -2.19. The molecule has 1 heterocycles. The summed E-state index contributed by atoms with van der Waals surface area (Å²) in [6, 6.07) is 20.1. The smallest absolute Gasteiger partial charge is 0.234 e. The molecule has 0 fully saturated rings. The minimum absolute atomic E-state index is 0.0253. The summed E-state index contributed by atoms with van der Waals surface area (Å²) in [6.07, 6.45) is 0.430. The first-order chi connectivity index (χ1) is 13.0. The maximum atomic E-state index is 12.2. The van der Waals surface area contributed by atoms with Gasteiger partial charge in [-0.2, -0.15) is 0 Å². The molecular weight excluding hydrogens is 364 g/mol. The number of methoxy groups -OCH3 is 1. The van der Waals surface area contributed by atoms with Gasteiger partial charge in [-0.25, -0.2) is 8.42 Å². The minimum Gasteiger partial charge on any atom is -0.497 e. The van der Waals surface area contributed by atoms with E-state index in [1.54, 1.807) is 19.2 Å². The van der Waals surface area contributed by atoms with Crippen molar-refractivity contribution in [2.75, 3.05) is 22.9 Å². The van der Waals surface area contributed by atoms with Gasteiger partial charge in [-0.05, 0) is 36.2 Å². The second-order valence-corrected chi connectivity index (χ2v) is 7.66. The van der Waals surface area contributed by atoms with Crippen molar-refractivity contribution >= 4 is 27.3 Å². The molecule has 0 unspecified atom stereocenters. The Morgan fingerprint density at radius 2 is 1.67 bits per heavy atom. The molecule has 140 valence electrons. The van der Waals surface area contributed by atoms with Crippen molar-refractivity contribution < 1.29 is 13.2 Å². The molecule has 1 aromatic heterocycles. The van der Waals surface area contributed by atoms with Crippen LogP contribution in [0.2, 0.25) is 0 Å². The van der Waals surface area contributed by atoms with Crippen LogP contribution in [0.5, 0.6) is 5.75 Å². The van der Waals surface area contributed by atoms with Gasteiger partial charge in [0, 0.05) is 11.8 Å². The number of nitrogens with one attached hydrogen (secondary N) is 2. The number of sulfonamides is 1. The molecule has 0 aliphatic carbocycles. The number of benzene rings is 2. The average molecular weight is 384 g/mol. The van der Waals surface area contributed by atoms with E-state index in [4.69, 9.17) is 4.74 Å². The zero-order valence-electron chi connectivity index (χ0n) is 14.8. The standard InChI is InChI=1S/C19H20N4O3S/c1-26-17-9-5-8-16(14-17)20-18-10-11-19(22-21-18)23-27(24,25)13-12-15-6-3-2-4-7-15/h2-11,14H,12-13H2,1H3,(H,20,21)(H,22,23). The normalized spacial score (nSPS) is 11.0. The van der Waals surface area contributed by atoms with E-state index in [-0.39, 0.29) is 11.6 Å². The summed E-state index contributed by atoms with van der Waals surface area (Å²) in [6.45, 7) is 0. The van der Waals surface area contributed by atoms with Gasteiger partial charge in [0.25, 0.3) is 0 Å². The summed E-state index contributed by atoms with van der Waals surface area (Å²) in [5.41, 5.74) is 1.76. The topological polar surface area (TPSA) is 93.2 Å². The van der Waals surface area contributed by atoms with Crippen molar-refractivity contribution in [1.82, 2.24) is 10.2 Å². The summed E-state index contributed by atoms with van der Waals surface area (Å²) in [5, 5.41) is 11.0. The van der Waals surface area contributed by atoms with Crippen molar-refractivity contribution in [3.8, 4) is 5.75 Å². The zero-order chi connectivity index (χ0) is 19.1. The molecule has 0 aliphatic heterocycles. The van der Waals surface area contributed by atoms with Crippen LogP contribution in [-0.2, 0) is 16.4 Å². The van der Waals surface area contributed by atoms with Crippen LogP contribution < -0.4 is 14.8 Å². The first-order valence-corrected chi connectivity index (χ1v) is 9.98. The Morgan fingerprint density at radius 3 is 2.37 bits per heavy atom. The number of aromatic nitrogens is 2. The summed E-state index contributed by atoms with van der Waals surface area (Å²) in [7, 11) is -1.91. The first-order valence-electron chi connectivity index (χ1n) is 8.33. The Hall–Kier alpha value is -3.13. The Balaban J connectivity index is 1.59. The van der Waals surface area contributed by atoms with Crippen LogP contribution in [0, 0.1) is 0 Å². The first kappa shape index (κ1) is 18.7. The van der Waals surface area contributed by atoms with E-state index >= 15 is 0 Å².